The van der Waals surface area contributed by atoms with E-state index in [1.54, 1.807) is 0 Å². The summed E-state index contributed by atoms with van der Waals surface area (Å²) in [6.45, 7) is 0.398. The molecule has 18 heavy (non-hydrogen) atoms. The van der Waals surface area contributed by atoms with Crippen LogP contribution in [0.5, 0.6) is 0 Å². The quantitative estimate of drug-likeness (QED) is 0.264. The van der Waals surface area contributed by atoms with Gasteiger partial charge in [-0.3, -0.25) is 0 Å². The van der Waals surface area contributed by atoms with Gasteiger partial charge in [0.05, 0.1) is 6.54 Å². The average Bonchev–Trinajstić information content (AvgIpc) is 2.45. The van der Waals surface area contributed by atoms with Crippen molar-refractivity contribution < 1.29 is 0 Å². The summed E-state index contributed by atoms with van der Waals surface area (Å²) in [6.07, 6.45) is 0. The molecule has 0 aromatic heterocycles. The van der Waals surface area contributed by atoms with E-state index in [0.717, 1.165) is 5.56 Å². The first-order valence-electron chi connectivity index (χ1n) is 5.80. The van der Waals surface area contributed by atoms with Crippen LogP contribution in [0.15, 0.2) is 59.7 Å². The lowest BCUT2D eigenvalue weighted by Gasteiger charge is -2.05. The van der Waals surface area contributed by atoms with Crippen LogP contribution in [0.4, 0.5) is 0 Å². The van der Waals surface area contributed by atoms with Crippen LogP contribution in [-0.2, 0) is 6.54 Å². The Hall–Kier alpha value is -2.51. The van der Waals surface area contributed by atoms with Gasteiger partial charge in [0.1, 0.15) is 0 Å². The van der Waals surface area contributed by atoms with Crippen molar-refractivity contribution in [3.05, 3.63) is 70.6 Å². The van der Waals surface area contributed by atoms with Gasteiger partial charge >= 0.3 is 0 Å². The normalized spacial score (nSPS) is 10.4. The van der Waals surface area contributed by atoms with Gasteiger partial charge < -0.3 is 0 Å². The molecule has 86 valence electrons. The van der Waals surface area contributed by atoms with Gasteiger partial charge in [-0.25, -0.2) is 0 Å². The van der Waals surface area contributed by atoms with Crippen LogP contribution in [0.1, 0.15) is 5.56 Å². The second-order valence-electron chi connectivity index (χ2n) is 4.23. The van der Waals surface area contributed by atoms with Crippen molar-refractivity contribution in [3.8, 4) is 0 Å². The molecule has 0 spiro atoms. The third kappa shape index (κ3) is 1.77. The number of nitrogens with zero attached hydrogens (tertiary/aromatic N) is 3. The molecule has 0 bridgehead atoms. The maximum atomic E-state index is 8.37. The molecule has 0 heterocycles. The predicted molar refractivity (Wildman–Crippen MR) is 74.3 cm³/mol. The zero-order valence-corrected chi connectivity index (χ0v) is 9.74. The highest BCUT2D eigenvalue weighted by Crippen LogP contribution is 2.26. The summed E-state index contributed by atoms with van der Waals surface area (Å²) in [5, 5.41) is 8.49. The van der Waals surface area contributed by atoms with E-state index in [9.17, 15) is 0 Å². The number of fused-ring (bicyclic) bond motifs is 3. The number of rotatable bonds is 2. The zero-order valence-electron chi connectivity index (χ0n) is 9.74. The third-order valence-electron chi connectivity index (χ3n) is 3.13. The topological polar surface area (TPSA) is 48.8 Å². The van der Waals surface area contributed by atoms with Crippen LogP contribution in [0.25, 0.3) is 32.0 Å². The molecule has 0 N–H and O–H groups in total. The zero-order chi connectivity index (χ0) is 12.4. The van der Waals surface area contributed by atoms with Crippen LogP contribution in [-0.4, -0.2) is 0 Å². The summed E-state index contributed by atoms with van der Waals surface area (Å²) >= 11 is 0. The first-order valence-corrected chi connectivity index (χ1v) is 5.80. The number of hydrogen-bond acceptors (Lipinski definition) is 1. The molecule has 0 atom stereocenters. The lowest BCUT2D eigenvalue weighted by atomic mass is 10.0. The van der Waals surface area contributed by atoms with Gasteiger partial charge in [0, 0.05) is 4.91 Å². The Balaban J connectivity index is 2.29. The minimum atomic E-state index is 0.398. The summed E-state index contributed by atoms with van der Waals surface area (Å²) in [5.41, 5.74) is 9.41. The fraction of sp³-hybridized carbons (Fsp3) is 0.0667. The molecule has 3 aromatic carbocycles. The standard InChI is InChI=1S/C15H11N3/c16-18-17-10-11-5-6-13-8-7-12-3-1-2-4-14(12)15(13)9-11/h1-9H,10H2. The van der Waals surface area contributed by atoms with Gasteiger partial charge in [0.15, 0.2) is 0 Å². The number of hydrogen-bond donors (Lipinski definition) is 0. The van der Waals surface area contributed by atoms with E-state index < -0.39 is 0 Å². The first-order chi connectivity index (χ1) is 8.88. The smallest absolute Gasteiger partial charge is 0.0511 e. The van der Waals surface area contributed by atoms with Crippen LogP contribution in [0.2, 0.25) is 0 Å². The Morgan fingerprint density at radius 1 is 0.889 bits per heavy atom. The molecule has 0 aliphatic rings. The Morgan fingerprint density at radius 3 is 2.44 bits per heavy atom. The predicted octanol–water partition coefficient (Wildman–Crippen LogP) is 4.80. The van der Waals surface area contributed by atoms with E-state index in [2.05, 4.69) is 46.4 Å². The van der Waals surface area contributed by atoms with Crippen LogP contribution in [0, 0.1) is 0 Å². The van der Waals surface area contributed by atoms with Crippen LogP contribution < -0.4 is 0 Å². The van der Waals surface area contributed by atoms with E-state index in [4.69, 9.17) is 5.53 Å². The molecule has 0 aliphatic heterocycles. The highest BCUT2D eigenvalue weighted by Gasteiger charge is 2.01. The van der Waals surface area contributed by atoms with Gasteiger partial charge in [-0.15, -0.1) is 0 Å². The molecule has 0 radical (unpaired) electrons. The van der Waals surface area contributed by atoms with E-state index >= 15 is 0 Å². The monoisotopic (exact) mass is 233 g/mol. The minimum Gasteiger partial charge on any atom is -0.0893 e. The number of benzene rings is 3. The van der Waals surface area contributed by atoms with Crippen molar-refractivity contribution in [2.24, 2.45) is 5.11 Å². The van der Waals surface area contributed by atoms with Gasteiger partial charge in [0.2, 0.25) is 0 Å². The Labute approximate surface area is 104 Å². The summed E-state index contributed by atoms with van der Waals surface area (Å²) in [4.78, 5) is 2.80. The average molecular weight is 233 g/mol. The Kier molecular flexibility index (Phi) is 2.60. The maximum Gasteiger partial charge on any atom is 0.0511 e. The lowest BCUT2D eigenvalue weighted by molar-refractivity contribution is 1.05. The molecule has 0 saturated carbocycles. The van der Waals surface area contributed by atoms with E-state index in [-0.39, 0.29) is 0 Å². The third-order valence-corrected chi connectivity index (χ3v) is 3.13. The first kappa shape index (κ1) is 10.6. The van der Waals surface area contributed by atoms with Crippen LogP contribution in [0.3, 0.4) is 0 Å². The molecular formula is C15H11N3. The molecule has 3 rings (SSSR count). The highest BCUT2D eigenvalue weighted by atomic mass is 15.1. The van der Waals surface area contributed by atoms with Gasteiger partial charge in [-0.05, 0) is 32.6 Å². The Morgan fingerprint density at radius 2 is 1.61 bits per heavy atom. The lowest BCUT2D eigenvalue weighted by Crippen LogP contribution is -1.82. The molecule has 3 heteroatoms. The Bertz CT molecular complexity index is 771. The number of azide groups is 1. The summed E-state index contributed by atoms with van der Waals surface area (Å²) in [6, 6.07) is 18.7. The van der Waals surface area contributed by atoms with Crippen molar-refractivity contribution in [1.82, 2.24) is 0 Å². The van der Waals surface area contributed by atoms with E-state index in [1.807, 2.05) is 18.2 Å². The molecule has 0 fully saturated rings. The molecule has 3 aromatic rings. The highest BCUT2D eigenvalue weighted by molar-refractivity contribution is 6.07. The fourth-order valence-electron chi connectivity index (χ4n) is 2.26. The van der Waals surface area contributed by atoms with Crippen molar-refractivity contribution in [2.45, 2.75) is 6.54 Å². The summed E-state index contributed by atoms with van der Waals surface area (Å²) in [5.74, 6) is 0. The second kappa shape index (κ2) is 4.40. The van der Waals surface area contributed by atoms with Gasteiger partial charge in [-0.1, -0.05) is 59.7 Å². The molecule has 0 aliphatic carbocycles. The SMILES string of the molecule is [N-]=[N+]=NCc1ccc2ccc3ccccc3c2c1. The van der Waals surface area contributed by atoms with Crippen molar-refractivity contribution in [1.29, 1.82) is 0 Å². The van der Waals surface area contributed by atoms with Crippen molar-refractivity contribution in [2.75, 3.05) is 0 Å². The largest absolute Gasteiger partial charge is 0.0893 e. The molecule has 0 unspecified atom stereocenters. The molecule has 3 nitrogen and oxygen atoms in total. The van der Waals surface area contributed by atoms with Crippen LogP contribution >= 0.6 is 0 Å². The van der Waals surface area contributed by atoms with E-state index in [0.29, 0.717) is 6.54 Å². The van der Waals surface area contributed by atoms with Crippen molar-refractivity contribution >= 4 is 21.5 Å². The summed E-state index contributed by atoms with van der Waals surface area (Å²) in [7, 11) is 0. The fourth-order valence-corrected chi connectivity index (χ4v) is 2.26. The summed E-state index contributed by atoms with van der Waals surface area (Å²) < 4.78 is 0. The maximum absolute atomic E-state index is 8.37. The van der Waals surface area contributed by atoms with Gasteiger partial charge in [-0.2, -0.15) is 0 Å². The molecule has 0 amide bonds. The molecular weight excluding hydrogens is 222 g/mol. The van der Waals surface area contributed by atoms with E-state index in [1.165, 1.54) is 21.5 Å². The molecule has 0 saturated heterocycles. The van der Waals surface area contributed by atoms with Gasteiger partial charge in [0.25, 0.3) is 0 Å². The van der Waals surface area contributed by atoms with Crippen molar-refractivity contribution in [3.63, 3.8) is 0 Å². The minimum absolute atomic E-state index is 0.398. The second-order valence-corrected chi connectivity index (χ2v) is 4.23.